The van der Waals surface area contributed by atoms with Gasteiger partial charge >= 0.3 is 12.1 Å². The summed E-state index contributed by atoms with van der Waals surface area (Å²) in [6, 6.07) is 6.98. The van der Waals surface area contributed by atoms with E-state index in [4.69, 9.17) is 14.2 Å². The topological polar surface area (TPSA) is 73.9 Å². The van der Waals surface area contributed by atoms with E-state index in [1.165, 1.54) is 0 Å². The summed E-state index contributed by atoms with van der Waals surface area (Å²) >= 11 is 0. The normalized spacial score (nSPS) is 19.8. The van der Waals surface area contributed by atoms with Gasteiger partial charge in [-0.25, -0.2) is 9.59 Å². The Labute approximate surface area is 142 Å². The predicted molar refractivity (Wildman–Crippen MR) is 89.2 cm³/mol. The quantitative estimate of drug-likeness (QED) is 0.836. The van der Waals surface area contributed by atoms with Crippen LogP contribution in [0.1, 0.15) is 50.9 Å². The van der Waals surface area contributed by atoms with Crippen molar-refractivity contribution >= 4 is 12.1 Å². The fourth-order valence-corrected chi connectivity index (χ4v) is 2.36. The number of esters is 1. The molecule has 1 fully saturated rings. The third-order valence-electron chi connectivity index (χ3n) is 3.46. The molecule has 0 atom stereocenters. The van der Waals surface area contributed by atoms with E-state index in [0.717, 1.165) is 0 Å². The van der Waals surface area contributed by atoms with Gasteiger partial charge in [0.15, 0.2) is 0 Å². The van der Waals surface area contributed by atoms with E-state index < -0.39 is 11.7 Å². The second-order valence-electron chi connectivity index (χ2n) is 6.80. The summed E-state index contributed by atoms with van der Waals surface area (Å²) in [5.41, 5.74) is -0.0332. The maximum absolute atomic E-state index is 11.7. The molecule has 0 spiro atoms. The van der Waals surface area contributed by atoms with Crippen LogP contribution >= 0.6 is 0 Å². The van der Waals surface area contributed by atoms with Gasteiger partial charge in [-0.15, -0.1) is 0 Å². The Kier molecular flexibility index (Phi) is 5.70. The molecule has 6 heteroatoms. The Bertz CT molecular complexity index is 587. The molecule has 0 saturated heterocycles. The summed E-state index contributed by atoms with van der Waals surface area (Å²) in [6.45, 7) is 7.59. The van der Waals surface area contributed by atoms with Crippen LogP contribution in [0.25, 0.3) is 0 Å². The first-order valence-electron chi connectivity index (χ1n) is 8.20. The second kappa shape index (κ2) is 7.55. The fourth-order valence-electron chi connectivity index (χ4n) is 2.36. The number of ether oxygens (including phenoxy) is 3. The average molecular weight is 335 g/mol. The smallest absolute Gasteiger partial charge is 0.407 e. The summed E-state index contributed by atoms with van der Waals surface area (Å²) < 4.78 is 16.0. The first-order chi connectivity index (χ1) is 11.3. The summed E-state index contributed by atoms with van der Waals surface area (Å²) in [5, 5.41) is 2.82. The molecule has 1 aromatic carbocycles. The summed E-state index contributed by atoms with van der Waals surface area (Å²) in [6.07, 6.45) is 1.03. The Morgan fingerprint density at radius 3 is 2.58 bits per heavy atom. The lowest BCUT2D eigenvalue weighted by molar-refractivity contribution is 0.0359. The molecule has 0 aromatic heterocycles. The number of carbonyl (C=O) groups is 2. The lowest BCUT2D eigenvalue weighted by Gasteiger charge is -2.36. The fraction of sp³-hybridized carbons (Fsp3) is 0.556. The van der Waals surface area contributed by atoms with E-state index in [-0.39, 0.29) is 18.1 Å². The van der Waals surface area contributed by atoms with Crippen molar-refractivity contribution in [3.63, 3.8) is 0 Å². The molecule has 0 heterocycles. The molecular formula is C18H25NO5. The number of nitrogens with one attached hydrogen (secondary N) is 1. The van der Waals surface area contributed by atoms with Gasteiger partial charge in [-0.1, -0.05) is 6.07 Å². The minimum atomic E-state index is -0.503. The highest BCUT2D eigenvalue weighted by Gasteiger charge is 2.33. The van der Waals surface area contributed by atoms with Crippen LogP contribution in [0.5, 0.6) is 5.75 Å². The van der Waals surface area contributed by atoms with Crippen molar-refractivity contribution in [1.29, 1.82) is 0 Å². The SMILES string of the molecule is CCOC(=O)c1cccc(O[C@H]2C[C@H](NC(=O)OC(C)(C)C)C2)c1. The van der Waals surface area contributed by atoms with Crippen LogP contribution in [0.15, 0.2) is 24.3 Å². The highest BCUT2D eigenvalue weighted by Crippen LogP contribution is 2.27. The standard InChI is InChI=1S/C18H25NO5/c1-5-22-16(20)12-7-6-8-14(9-12)23-15-10-13(11-15)19-17(21)24-18(2,3)4/h6-9,13,15H,5,10-11H2,1-4H3,(H,19,21)/t13-,15-. The van der Waals surface area contributed by atoms with Crippen molar-refractivity contribution in [2.24, 2.45) is 0 Å². The van der Waals surface area contributed by atoms with Crippen LogP contribution in [-0.2, 0) is 9.47 Å². The van der Waals surface area contributed by atoms with Gasteiger partial charge in [-0.3, -0.25) is 0 Å². The van der Waals surface area contributed by atoms with Crippen LogP contribution in [-0.4, -0.2) is 36.4 Å². The van der Waals surface area contributed by atoms with E-state index in [1.54, 1.807) is 31.2 Å². The van der Waals surface area contributed by atoms with Crippen molar-refractivity contribution in [2.75, 3.05) is 6.61 Å². The molecule has 0 bridgehead atoms. The van der Waals surface area contributed by atoms with E-state index in [1.807, 2.05) is 20.8 Å². The molecule has 0 aliphatic heterocycles. The number of alkyl carbamates (subject to hydrolysis) is 1. The maximum atomic E-state index is 11.7. The Morgan fingerprint density at radius 1 is 1.25 bits per heavy atom. The highest BCUT2D eigenvalue weighted by atomic mass is 16.6. The molecule has 2 rings (SSSR count). The van der Waals surface area contributed by atoms with Gasteiger partial charge in [-0.05, 0) is 45.9 Å². The van der Waals surface area contributed by atoms with Crippen LogP contribution < -0.4 is 10.1 Å². The van der Waals surface area contributed by atoms with E-state index >= 15 is 0 Å². The van der Waals surface area contributed by atoms with Gasteiger partial charge in [0, 0.05) is 18.9 Å². The predicted octanol–water partition coefficient (Wildman–Crippen LogP) is 3.30. The Morgan fingerprint density at radius 2 is 1.96 bits per heavy atom. The van der Waals surface area contributed by atoms with E-state index in [2.05, 4.69) is 5.32 Å². The van der Waals surface area contributed by atoms with Crippen molar-refractivity contribution < 1.29 is 23.8 Å². The van der Waals surface area contributed by atoms with Crippen LogP contribution in [0.4, 0.5) is 4.79 Å². The molecule has 0 radical (unpaired) electrons. The number of hydrogen-bond acceptors (Lipinski definition) is 5. The number of benzene rings is 1. The zero-order valence-corrected chi connectivity index (χ0v) is 14.6. The van der Waals surface area contributed by atoms with Crippen LogP contribution in [0.3, 0.4) is 0 Å². The van der Waals surface area contributed by atoms with Gasteiger partial charge in [0.2, 0.25) is 0 Å². The molecule has 1 N–H and O–H groups in total. The van der Waals surface area contributed by atoms with Crippen LogP contribution in [0, 0.1) is 0 Å². The summed E-state index contributed by atoms with van der Waals surface area (Å²) in [4.78, 5) is 23.4. The molecule has 24 heavy (non-hydrogen) atoms. The van der Waals surface area contributed by atoms with Crippen molar-refractivity contribution in [2.45, 2.75) is 58.3 Å². The zero-order valence-electron chi connectivity index (χ0n) is 14.6. The first-order valence-corrected chi connectivity index (χ1v) is 8.20. The summed E-state index contributed by atoms with van der Waals surface area (Å²) in [7, 11) is 0. The van der Waals surface area contributed by atoms with Gasteiger partial charge < -0.3 is 19.5 Å². The Balaban J connectivity index is 1.78. The largest absolute Gasteiger partial charge is 0.490 e. The van der Waals surface area contributed by atoms with Gasteiger partial charge in [-0.2, -0.15) is 0 Å². The zero-order chi connectivity index (χ0) is 17.7. The molecule has 0 unspecified atom stereocenters. The third kappa shape index (κ3) is 5.44. The second-order valence-corrected chi connectivity index (χ2v) is 6.80. The molecule has 1 saturated carbocycles. The van der Waals surface area contributed by atoms with Crippen molar-refractivity contribution in [3.8, 4) is 5.75 Å². The van der Waals surface area contributed by atoms with E-state index in [0.29, 0.717) is 30.8 Å². The third-order valence-corrected chi connectivity index (χ3v) is 3.46. The molecule has 132 valence electrons. The molecule has 6 nitrogen and oxygen atoms in total. The Hall–Kier alpha value is -2.24. The number of rotatable bonds is 5. The summed E-state index contributed by atoms with van der Waals surface area (Å²) in [5.74, 6) is 0.266. The first kappa shape index (κ1) is 18.1. The number of hydrogen-bond donors (Lipinski definition) is 1. The average Bonchev–Trinajstić information content (AvgIpc) is 2.43. The minimum Gasteiger partial charge on any atom is -0.490 e. The van der Waals surface area contributed by atoms with Crippen molar-refractivity contribution in [1.82, 2.24) is 5.32 Å². The molecule has 1 aliphatic rings. The maximum Gasteiger partial charge on any atom is 0.407 e. The highest BCUT2D eigenvalue weighted by molar-refractivity contribution is 5.89. The number of carbonyl (C=O) groups excluding carboxylic acids is 2. The lowest BCUT2D eigenvalue weighted by atomic mass is 9.89. The van der Waals surface area contributed by atoms with E-state index in [9.17, 15) is 9.59 Å². The van der Waals surface area contributed by atoms with Gasteiger partial charge in [0.1, 0.15) is 17.5 Å². The van der Waals surface area contributed by atoms with Crippen molar-refractivity contribution in [3.05, 3.63) is 29.8 Å². The molecule has 1 aromatic rings. The lowest BCUT2D eigenvalue weighted by Crippen LogP contribution is -2.50. The molecule has 1 amide bonds. The van der Waals surface area contributed by atoms with Crippen LogP contribution in [0.2, 0.25) is 0 Å². The monoisotopic (exact) mass is 335 g/mol. The molecular weight excluding hydrogens is 310 g/mol. The van der Waals surface area contributed by atoms with Gasteiger partial charge in [0.25, 0.3) is 0 Å². The number of amides is 1. The molecule has 1 aliphatic carbocycles. The minimum absolute atomic E-state index is 0.0161. The van der Waals surface area contributed by atoms with Gasteiger partial charge in [0.05, 0.1) is 12.2 Å².